The molecule has 0 amide bonds. The lowest BCUT2D eigenvalue weighted by Crippen LogP contribution is -2.42. The zero-order valence-electron chi connectivity index (χ0n) is 17.3. The number of esters is 1. The zero-order chi connectivity index (χ0) is 21.5. The van der Waals surface area contributed by atoms with Crippen LogP contribution in [0.25, 0.3) is 10.2 Å². The van der Waals surface area contributed by atoms with Gasteiger partial charge in [-0.25, -0.2) is 9.36 Å². The van der Waals surface area contributed by atoms with E-state index >= 15 is 0 Å². The van der Waals surface area contributed by atoms with Gasteiger partial charge in [-0.1, -0.05) is 30.3 Å². The molecule has 0 unspecified atom stereocenters. The summed E-state index contributed by atoms with van der Waals surface area (Å²) in [5.41, 5.74) is 0.492. The molecular weight excluding hydrogens is 404 g/mol. The summed E-state index contributed by atoms with van der Waals surface area (Å²) < 4.78 is 13.5. The van der Waals surface area contributed by atoms with Crippen LogP contribution < -0.4 is 11.2 Å². The Morgan fingerprint density at radius 3 is 2.63 bits per heavy atom. The highest BCUT2D eigenvalue weighted by atomic mass is 32.1. The van der Waals surface area contributed by atoms with Gasteiger partial charge >= 0.3 is 11.7 Å². The van der Waals surface area contributed by atoms with Crippen LogP contribution >= 0.6 is 11.3 Å². The van der Waals surface area contributed by atoms with E-state index in [0.717, 1.165) is 20.6 Å². The third-order valence-electron chi connectivity index (χ3n) is 5.21. The van der Waals surface area contributed by atoms with E-state index < -0.39 is 29.4 Å². The van der Waals surface area contributed by atoms with E-state index in [4.69, 9.17) is 9.47 Å². The molecule has 0 aliphatic carbocycles. The predicted octanol–water partition coefficient (Wildman–Crippen LogP) is 2.69. The number of rotatable bonds is 5. The maximum atomic E-state index is 13.3. The highest BCUT2D eigenvalue weighted by molar-refractivity contribution is 7.18. The molecule has 0 saturated heterocycles. The normalized spacial score (nSPS) is 15.2. The van der Waals surface area contributed by atoms with Crippen LogP contribution in [-0.2, 0) is 40.4 Å². The van der Waals surface area contributed by atoms with Crippen LogP contribution in [0.1, 0.15) is 36.8 Å². The highest BCUT2D eigenvalue weighted by Crippen LogP contribution is 2.37. The van der Waals surface area contributed by atoms with Crippen molar-refractivity contribution in [1.82, 2.24) is 9.13 Å². The van der Waals surface area contributed by atoms with Crippen molar-refractivity contribution < 1.29 is 14.3 Å². The monoisotopic (exact) mass is 428 g/mol. The van der Waals surface area contributed by atoms with Crippen molar-refractivity contribution in [2.45, 2.75) is 52.5 Å². The third kappa shape index (κ3) is 3.73. The molecule has 1 aromatic carbocycles. The standard InChI is InChI=1S/C22H24N2O5S/c1-4-28-17(25)12-23-19(26)18-15-10-22(2,3)29-13-16(15)30-20(18)24(21(23)27)11-14-8-6-5-7-9-14/h5-9H,4,10-13H2,1-3H3. The number of fused-ring (bicyclic) bond motifs is 3. The summed E-state index contributed by atoms with van der Waals surface area (Å²) in [5.74, 6) is -0.602. The van der Waals surface area contributed by atoms with Crippen molar-refractivity contribution in [2.75, 3.05) is 6.61 Å². The van der Waals surface area contributed by atoms with Crippen molar-refractivity contribution in [1.29, 1.82) is 0 Å². The van der Waals surface area contributed by atoms with Gasteiger partial charge in [0.2, 0.25) is 0 Å². The molecule has 0 saturated carbocycles. The fraction of sp³-hybridized carbons (Fsp3) is 0.409. The molecule has 1 aliphatic heterocycles. The molecule has 0 spiro atoms. The second kappa shape index (κ2) is 7.85. The van der Waals surface area contributed by atoms with Crippen LogP contribution in [0.3, 0.4) is 0 Å². The molecule has 158 valence electrons. The summed E-state index contributed by atoms with van der Waals surface area (Å²) in [6.45, 7) is 6.15. The van der Waals surface area contributed by atoms with Crippen LogP contribution in [0.4, 0.5) is 0 Å². The van der Waals surface area contributed by atoms with Gasteiger partial charge in [-0.3, -0.25) is 14.2 Å². The molecule has 7 nitrogen and oxygen atoms in total. The number of ether oxygens (including phenoxy) is 2. The first kappa shape index (κ1) is 20.6. The number of nitrogens with zero attached hydrogens (tertiary/aromatic N) is 2. The number of carbonyl (C=O) groups is 1. The quantitative estimate of drug-likeness (QED) is 0.584. The fourth-order valence-electron chi connectivity index (χ4n) is 3.78. The Kier molecular flexibility index (Phi) is 5.38. The number of hydrogen-bond acceptors (Lipinski definition) is 6. The number of carbonyl (C=O) groups excluding carboxylic acids is 1. The van der Waals surface area contributed by atoms with Gasteiger partial charge in [-0.2, -0.15) is 0 Å². The smallest absolute Gasteiger partial charge is 0.332 e. The predicted molar refractivity (Wildman–Crippen MR) is 115 cm³/mol. The number of aromatic nitrogens is 2. The van der Waals surface area contributed by atoms with Gasteiger partial charge in [-0.05, 0) is 31.9 Å². The van der Waals surface area contributed by atoms with E-state index in [2.05, 4.69) is 0 Å². The molecule has 8 heteroatoms. The summed E-state index contributed by atoms with van der Waals surface area (Å²) in [7, 11) is 0. The Morgan fingerprint density at radius 2 is 1.93 bits per heavy atom. The van der Waals surface area contributed by atoms with Crippen molar-refractivity contribution >= 4 is 27.5 Å². The molecular formula is C22H24N2O5S. The summed E-state index contributed by atoms with van der Waals surface area (Å²) in [6, 6.07) is 9.58. The van der Waals surface area contributed by atoms with Crippen LogP contribution in [-0.4, -0.2) is 27.3 Å². The fourth-order valence-corrected chi connectivity index (χ4v) is 5.00. The van der Waals surface area contributed by atoms with Gasteiger partial charge in [0.05, 0.1) is 30.7 Å². The largest absolute Gasteiger partial charge is 0.465 e. The zero-order valence-corrected chi connectivity index (χ0v) is 18.1. The van der Waals surface area contributed by atoms with Crippen LogP contribution in [0, 0.1) is 0 Å². The minimum absolute atomic E-state index is 0.188. The summed E-state index contributed by atoms with van der Waals surface area (Å²) >= 11 is 1.42. The van der Waals surface area contributed by atoms with E-state index in [1.807, 2.05) is 44.2 Å². The molecule has 1 aliphatic rings. The van der Waals surface area contributed by atoms with E-state index in [9.17, 15) is 14.4 Å². The first-order valence-electron chi connectivity index (χ1n) is 9.92. The lowest BCUT2D eigenvalue weighted by molar-refractivity contribution is -0.143. The molecule has 4 rings (SSSR count). The second-order valence-corrected chi connectivity index (χ2v) is 9.04. The minimum atomic E-state index is -0.602. The SMILES string of the molecule is CCOC(=O)Cn1c(=O)c2c3c(sc2n(Cc2ccccc2)c1=O)COC(C)(C)C3. The molecule has 2 aromatic heterocycles. The average molecular weight is 429 g/mol. The van der Waals surface area contributed by atoms with Crippen molar-refractivity contribution in [3.63, 3.8) is 0 Å². The highest BCUT2D eigenvalue weighted by Gasteiger charge is 2.32. The van der Waals surface area contributed by atoms with E-state index in [1.165, 1.54) is 11.3 Å². The number of benzene rings is 1. The average Bonchev–Trinajstić information content (AvgIpc) is 3.07. The van der Waals surface area contributed by atoms with E-state index in [1.54, 1.807) is 11.5 Å². The first-order valence-corrected chi connectivity index (χ1v) is 10.7. The maximum absolute atomic E-state index is 13.3. The Morgan fingerprint density at radius 1 is 1.20 bits per heavy atom. The van der Waals surface area contributed by atoms with Crippen LogP contribution in [0.2, 0.25) is 0 Å². The molecule has 30 heavy (non-hydrogen) atoms. The van der Waals surface area contributed by atoms with E-state index in [0.29, 0.717) is 29.8 Å². The number of hydrogen-bond donors (Lipinski definition) is 0. The Labute approximate surface area is 177 Å². The van der Waals surface area contributed by atoms with Gasteiger partial charge in [-0.15, -0.1) is 11.3 Å². The minimum Gasteiger partial charge on any atom is -0.465 e. The molecule has 3 heterocycles. The number of thiophene rings is 1. The third-order valence-corrected chi connectivity index (χ3v) is 6.44. The Balaban J connectivity index is 1.96. The van der Waals surface area contributed by atoms with Gasteiger partial charge in [0, 0.05) is 11.3 Å². The molecule has 0 N–H and O–H groups in total. The second-order valence-electron chi connectivity index (χ2n) is 7.96. The Bertz CT molecular complexity index is 1220. The molecule has 0 atom stereocenters. The van der Waals surface area contributed by atoms with Gasteiger partial charge in [0.15, 0.2) is 0 Å². The van der Waals surface area contributed by atoms with Crippen LogP contribution in [0.5, 0.6) is 0 Å². The van der Waals surface area contributed by atoms with Crippen molar-refractivity contribution in [3.8, 4) is 0 Å². The van der Waals surface area contributed by atoms with Crippen LogP contribution in [0.15, 0.2) is 39.9 Å². The van der Waals surface area contributed by atoms with Gasteiger partial charge < -0.3 is 9.47 Å². The van der Waals surface area contributed by atoms with Gasteiger partial charge in [0.25, 0.3) is 5.56 Å². The lowest BCUT2D eigenvalue weighted by atomic mass is 9.94. The first-order chi connectivity index (χ1) is 14.3. The van der Waals surface area contributed by atoms with Gasteiger partial charge in [0.1, 0.15) is 11.4 Å². The van der Waals surface area contributed by atoms with Crippen molar-refractivity contribution in [3.05, 3.63) is 67.2 Å². The van der Waals surface area contributed by atoms with Crippen molar-refractivity contribution in [2.24, 2.45) is 0 Å². The molecule has 3 aromatic rings. The molecule has 0 bridgehead atoms. The maximum Gasteiger partial charge on any atom is 0.332 e. The molecule has 0 fully saturated rings. The Hall–Kier alpha value is -2.71. The summed E-state index contributed by atoms with van der Waals surface area (Å²) in [4.78, 5) is 40.3. The summed E-state index contributed by atoms with van der Waals surface area (Å²) in [5, 5.41) is 0.506. The topological polar surface area (TPSA) is 79.5 Å². The summed E-state index contributed by atoms with van der Waals surface area (Å²) in [6.07, 6.45) is 0.570. The molecule has 0 radical (unpaired) electrons. The lowest BCUT2D eigenvalue weighted by Gasteiger charge is -2.29. The van der Waals surface area contributed by atoms with E-state index in [-0.39, 0.29) is 6.61 Å².